The van der Waals surface area contributed by atoms with Crippen LogP contribution in [0.5, 0.6) is 0 Å². The third-order valence-corrected chi connectivity index (χ3v) is 3.28. The molecule has 0 saturated heterocycles. The summed E-state index contributed by atoms with van der Waals surface area (Å²) in [6.07, 6.45) is 1.06. The number of hydrogen-bond acceptors (Lipinski definition) is 6. The fourth-order valence-electron chi connectivity index (χ4n) is 2.39. The molecule has 2 rings (SSSR count). The third-order valence-electron chi connectivity index (χ3n) is 3.28. The van der Waals surface area contributed by atoms with Gasteiger partial charge in [0, 0.05) is 18.2 Å². The first-order valence-corrected chi connectivity index (χ1v) is 7.30. The van der Waals surface area contributed by atoms with Crippen molar-refractivity contribution in [3.63, 3.8) is 0 Å². The van der Waals surface area contributed by atoms with Gasteiger partial charge in [-0.05, 0) is 34.1 Å². The molecule has 0 aliphatic heterocycles. The van der Waals surface area contributed by atoms with Crippen molar-refractivity contribution in [2.45, 2.75) is 47.1 Å². The first-order chi connectivity index (χ1) is 10.0. The van der Waals surface area contributed by atoms with E-state index in [2.05, 4.69) is 39.6 Å². The van der Waals surface area contributed by atoms with Crippen molar-refractivity contribution in [3.8, 4) is 0 Å². The molecule has 0 bridgehead atoms. The first kappa shape index (κ1) is 15.3. The highest BCUT2D eigenvalue weighted by Crippen LogP contribution is 2.24. The van der Waals surface area contributed by atoms with Crippen molar-refractivity contribution >= 4 is 11.6 Å². The molecule has 1 unspecified atom stereocenters. The van der Waals surface area contributed by atoms with Crippen LogP contribution in [0.15, 0.2) is 10.6 Å². The molecular weight excluding hydrogens is 266 g/mol. The number of nitrogens with zero attached hydrogens (tertiary/aromatic N) is 3. The zero-order valence-corrected chi connectivity index (χ0v) is 13.3. The molecule has 0 aromatic carbocycles. The molecule has 1 atom stereocenters. The lowest BCUT2D eigenvalue weighted by Crippen LogP contribution is -2.11. The Hall–Kier alpha value is -2.11. The Kier molecular flexibility index (Phi) is 4.77. The van der Waals surface area contributed by atoms with Gasteiger partial charge in [-0.2, -0.15) is 0 Å². The third kappa shape index (κ3) is 3.71. The van der Waals surface area contributed by atoms with Gasteiger partial charge in [-0.15, -0.1) is 0 Å². The van der Waals surface area contributed by atoms with Crippen LogP contribution in [0.1, 0.15) is 49.2 Å². The minimum atomic E-state index is 0.0737. The molecule has 0 fully saturated rings. The van der Waals surface area contributed by atoms with Gasteiger partial charge in [-0.1, -0.05) is 12.1 Å². The number of aryl methyl sites for hydroxylation is 3. The van der Waals surface area contributed by atoms with Gasteiger partial charge in [0.05, 0.1) is 11.7 Å². The lowest BCUT2D eigenvalue weighted by atomic mass is 10.1. The zero-order chi connectivity index (χ0) is 15.4. The number of aromatic nitrogens is 3. The molecule has 0 aliphatic rings. The Labute approximate surface area is 125 Å². The first-order valence-electron chi connectivity index (χ1n) is 7.30. The summed E-state index contributed by atoms with van der Waals surface area (Å²) in [6, 6.07) is 2.00. The van der Waals surface area contributed by atoms with Gasteiger partial charge in [-0.3, -0.25) is 0 Å². The average molecular weight is 289 g/mol. The molecule has 2 aromatic heterocycles. The van der Waals surface area contributed by atoms with Gasteiger partial charge < -0.3 is 15.2 Å². The van der Waals surface area contributed by atoms with Crippen molar-refractivity contribution in [1.82, 2.24) is 15.1 Å². The predicted octanol–water partition coefficient (Wildman–Crippen LogP) is 3.38. The van der Waals surface area contributed by atoms with E-state index in [4.69, 9.17) is 4.52 Å². The lowest BCUT2D eigenvalue weighted by molar-refractivity contribution is 0.392. The topological polar surface area (TPSA) is 75.9 Å². The smallest absolute Gasteiger partial charge is 0.139 e. The van der Waals surface area contributed by atoms with Gasteiger partial charge in [0.15, 0.2) is 0 Å². The van der Waals surface area contributed by atoms with E-state index in [-0.39, 0.29) is 6.04 Å². The molecule has 0 spiro atoms. The van der Waals surface area contributed by atoms with Gasteiger partial charge >= 0.3 is 0 Å². The standard InChI is InChI=1S/C15H23N5O/c1-6-7-16-13-8-14(19-12(5)18-13)17-9(2)15-10(3)20-21-11(15)4/h8-9H,6-7H2,1-5H3,(H2,16,17,18,19). The van der Waals surface area contributed by atoms with Crippen molar-refractivity contribution in [2.75, 3.05) is 17.2 Å². The lowest BCUT2D eigenvalue weighted by Gasteiger charge is -2.15. The molecule has 114 valence electrons. The molecule has 6 heteroatoms. The van der Waals surface area contributed by atoms with E-state index >= 15 is 0 Å². The van der Waals surface area contributed by atoms with Crippen LogP contribution >= 0.6 is 0 Å². The van der Waals surface area contributed by atoms with E-state index in [1.807, 2.05) is 26.8 Å². The van der Waals surface area contributed by atoms with E-state index in [1.54, 1.807) is 0 Å². The van der Waals surface area contributed by atoms with E-state index < -0.39 is 0 Å². The molecule has 0 aliphatic carbocycles. The summed E-state index contributed by atoms with van der Waals surface area (Å²) >= 11 is 0. The molecule has 0 radical (unpaired) electrons. The molecule has 6 nitrogen and oxygen atoms in total. The fraction of sp³-hybridized carbons (Fsp3) is 0.533. The molecule has 2 N–H and O–H groups in total. The van der Waals surface area contributed by atoms with E-state index in [0.717, 1.165) is 47.4 Å². The summed E-state index contributed by atoms with van der Waals surface area (Å²) < 4.78 is 5.22. The molecular formula is C15H23N5O. The summed E-state index contributed by atoms with van der Waals surface area (Å²) in [5.41, 5.74) is 1.98. The molecule has 0 amide bonds. The largest absolute Gasteiger partial charge is 0.370 e. The van der Waals surface area contributed by atoms with Crippen molar-refractivity contribution < 1.29 is 4.52 Å². The van der Waals surface area contributed by atoms with Crippen LogP contribution in [0.4, 0.5) is 11.6 Å². The van der Waals surface area contributed by atoms with Crippen LogP contribution in [0, 0.1) is 20.8 Å². The summed E-state index contributed by atoms with van der Waals surface area (Å²) in [6.45, 7) is 10.9. The van der Waals surface area contributed by atoms with Crippen LogP contribution in [0.25, 0.3) is 0 Å². The summed E-state index contributed by atoms with van der Waals surface area (Å²) in [5.74, 6) is 3.22. The zero-order valence-electron chi connectivity index (χ0n) is 13.3. The highest BCUT2D eigenvalue weighted by Gasteiger charge is 2.17. The number of nitrogens with one attached hydrogen (secondary N) is 2. The number of anilines is 2. The van der Waals surface area contributed by atoms with Gasteiger partial charge in [0.1, 0.15) is 23.2 Å². The van der Waals surface area contributed by atoms with E-state index in [9.17, 15) is 0 Å². The molecule has 21 heavy (non-hydrogen) atoms. The summed E-state index contributed by atoms with van der Waals surface area (Å²) in [4.78, 5) is 8.82. The number of rotatable bonds is 6. The second-order valence-corrected chi connectivity index (χ2v) is 5.22. The average Bonchev–Trinajstić information content (AvgIpc) is 2.75. The molecule has 0 saturated carbocycles. The Bertz CT molecular complexity index is 589. The second-order valence-electron chi connectivity index (χ2n) is 5.22. The quantitative estimate of drug-likeness (QED) is 0.849. The Morgan fingerprint density at radius 2 is 1.90 bits per heavy atom. The van der Waals surface area contributed by atoms with Crippen LogP contribution in [0.3, 0.4) is 0 Å². The van der Waals surface area contributed by atoms with Crippen molar-refractivity contribution in [1.29, 1.82) is 0 Å². The minimum absolute atomic E-state index is 0.0737. The normalized spacial score (nSPS) is 12.2. The molecule has 2 aromatic rings. The van der Waals surface area contributed by atoms with Crippen LogP contribution in [0.2, 0.25) is 0 Å². The van der Waals surface area contributed by atoms with Crippen LogP contribution < -0.4 is 10.6 Å². The maximum atomic E-state index is 5.22. The van der Waals surface area contributed by atoms with Gasteiger partial charge in [0.2, 0.25) is 0 Å². The fourth-order valence-corrected chi connectivity index (χ4v) is 2.39. The van der Waals surface area contributed by atoms with Crippen LogP contribution in [-0.4, -0.2) is 21.7 Å². The predicted molar refractivity (Wildman–Crippen MR) is 83.6 cm³/mol. The Morgan fingerprint density at radius 3 is 2.52 bits per heavy atom. The highest BCUT2D eigenvalue weighted by molar-refractivity contribution is 5.49. The van der Waals surface area contributed by atoms with Crippen molar-refractivity contribution in [3.05, 3.63) is 28.9 Å². The SMILES string of the molecule is CCCNc1cc(NC(C)c2c(C)noc2C)nc(C)n1. The number of hydrogen-bond donors (Lipinski definition) is 2. The summed E-state index contributed by atoms with van der Waals surface area (Å²) in [5, 5.41) is 10.7. The maximum Gasteiger partial charge on any atom is 0.139 e. The second kappa shape index (κ2) is 6.56. The minimum Gasteiger partial charge on any atom is -0.370 e. The van der Waals surface area contributed by atoms with Crippen molar-refractivity contribution in [2.24, 2.45) is 0 Å². The summed E-state index contributed by atoms with van der Waals surface area (Å²) in [7, 11) is 0. The Balaban J connectivity index is 2.17. The van der Waals surface area contributed by atoms with Crippen LogP contribution in [-0.2, 0) is 0 Å². The van der Waals surface area contributed by atoms with Gasteiger partial charge in [0.25, 0.3) is 0 Å². The van der Waals surface area contributed by atoms with E-state index in [0.29, 0.717) is 0 Å². The highest BCUT2D eigenvalue weighted by atomic mass is 16.5. The molecule has 2 heterocycles. The van der Waals surface area contributed by atoms with E-state index in [1.165, 1.54) is 0 Å². The Morgan fingerprint density at radius 1 is 1.19 bits per heavy atom. The van der Waals surface area contributed by atoms with Gasteiger partial charge in [-0.25, -0.2) is 9.97 Å². The maximum absolute atomic E-state index is 5.22. The monoisotopic (exact) mass is 289 g/mol.